The van der Waals surface area contributed by atoms with Crippen molar-refractivity contribution in [3.8, 4) is 0 Å². The van der Waals surface area contributed by atoms with Crippen LogP contribution in [0, 0.1) is 0 Å². The van der Waals surface area contributed by atoms with E-state index in [1.54, 1.807) is 0 Å². The van der Waals surface area contributed by atoms with Crippen molar-refractivity contribution in [1.29, 1.82) is 0 Å². The Balaban J connectivity index is 1.88. The van der Waals surface area contributed by atoms with E-state index in [4.69, 9.17) is 23.2 Å². The van der Waals surface area contributed by atoms with E-state index in [1.807, 2.05) is 36.4 Å². The van der Waals surface area contributed by atoms with Gasteiger partial charge in [0.25, 0.3) is 0 Å². The number of rotatable bonds is 6. The van der Waals surface area contributed by atoms with Crippen LogP contribution in [0.5, 0.6) is 0 Å². The third kappa shape index (κ3) is 4.52. The molecule has 0 saturated carbocycles. The number of halogens is 2. The first-order valence-corrected chi connectivity index (χ1v) is 7.60. The first kappa shape index (κ1) is 15.4. The SMILES string of the molecule is CN(C[C@H](Cl)c1ccccc1)C[C@H](Cl)c1ccccc1. The molecule has 3 heteroatoms. The molecule has 0 heterocycles. The molecule has 0 fully saturated rings. The van der Waals surface area contributed by atoms with Crippen molar-refractivity contribution < 1.29 is 0 Å². The number of hydrogen-bond acceptors (Lipinski definition) is 1. The zero-order valence-corrected chi connectivity index (χ0v) is 13.1. The molecule has 0 aromatic heterocycles. The molecule has 0 bridgehead atoms. The minimum Gasteiger partial charge on any atom is -0.303 e. The van der Waals surface area contributed by atoms with Crippen LogP contribution in [0.3, 0.4) is 0 Å². The van der Waals surface area contributed by atoms with Crippen molar-refractivity contribution in [2.45, 2.75) is 10.8 Å². The molecule has 0 N–H and O–H groups in total. The highest BCUT2D eigenvalue weighted by Crippen LogP contribution is 2.24. The Labute approximate surface area is 131 Å². The summed E-state index contributed by atoms with van der Waals surface area (Å²) in [6.07, 6.45) is 0. The maximum Gasteiger partial charge on any atom is 0.0712 e. The Kier molecular flexibility index (Phi) is 5.90. The fraction of sp³-hybridized carbons (Fsp3) is 0.294. The van der Waals surface area contributed by atoms with E-state index in [2.05, 4.69) is 36.2 Å². The zero-order chi connectivity index (χ0) is 14.4. The Morgan fingerprint density at radius 2 is 1.10 bits per heavy atom. The van der Waals surface area contributed by atoms with E-state index < -0.39 is 0 Å². The summed E-state index contributed by atoms with van der Waals surface area (Å²) in [5, 5.41) is -0.0262. The highest BCUT2D eigenvalue weighted by Gasteiger charge is 2.14. The Morgan fingerprint density at radius 3 is 1.45 bits per heavy atom. The summed E-state index contributed by atoms with van der Waals surface area (Å²) in [6, 6.07) is 20.3. The van der Waals surface area contributed by atoms with Crippen LogP contribution in [-0.4, -0.2) is 25.0 Å². The quantitative estimate of drug-likeness (QED) is 0.688. The van der Waals surface area contributed by atoms with E-state index in [-0.39, 0.29) is 10.8 Å². The topological polar surface area (TPSA) is 3.24 Å². The summed E-state index contributed by atoms with van der Waals surface area (Å²) < 4.78 is 0. The summed E-state index contributed by atoms with van der Waals surface area (Å²) in [4.78, 5) is 2.18. The lowest BCUT2D eigenvalue weighted by Gasteiger charge is -2.23. The normalized spacial score (nSPS) is 14.2. The van der Waals surface area contributed by atoms with Crippen LogP contribution < -0.4 is 0 Å². The van der Waals surface area contributed by atoms with Gasteiger partial charge in [-0.1, -0.05) is 60.7 Å². The average Bonchev–Trinajstić information content (AvgIpc) is 2.49. The molecule has 0 unspecified atom stereocenters. The van der Waals surface area contributed by atoms with Crippen LogP contribution in [0.25, 0.3) is 0 Å². The van der Waals surface area contributed by atoms with Crippen molar-refractivity contribution in [3.05, 3.63) is 71.8 Å². The molecule has 106 valence electrons. The van der Waals surface area contributed by atoms with Crippen molar-refractivity contribution in [2.24, 2.45) is 0 Å². The van der Waals surface area contributed by atoms with Crippen LogP contribution in [0.4, 0.5) is 0 Å². The first-order chi connectivity index (χ1) is 9.66. The van der Waals surface area contributed by atoms with E-state index in [9.17, 15) is 0 Å². The van der Waals surface area contributed by atoms with E-state index in [0.29, 0.717) is 0 Å². The van der Waals surface area contributed by atoms with Crippen molar-refractivity contribution in [1.82, 2.24) is 4.90 Å². The molecule has 20 heavy (non-hydrogen) atoms. The molecule has 1 nitrogen and oxygen atoms in total. The van der Waals surface area contributed by atoms with Crippen molar-refractivity contribution in [2.75, 3.05) is 20.1 Å². The minimum absolute atomic E-state index is 0.0131. The smallest absolute Gasteiger partial charge is 0.0712 e. The molecule has 0 radical (unpaired) electrons. The molecular weight excluding hydrogens is 289 g/mol. The van der Waals surface area contributed by atoms with Crippen LogP contribution in [0.15, 0.2) is 60.7 Å². The standard InChI is InChI=1S/C17H19Cl2N/c1-20(12-16(18)14-8-4-2-5-9-14)13-17(19)15-10-6-3-7-11-15/h2-11,16-17H,12-13H2,1H3/t16-,17-/m0/s1. The predicted octanol–water partition coefficient (Wildman–Crippen LogP) is 4.88. The van der Waals surface area contributed by atoms with Gasteiger partial charge in [0.1, 0.15) is 0 Å². The minimum atomic E-state index is -0.0131. The maximum absolute atomic E-state index is 6.45. The van der Waals surface area contributed by atoms with E-state index >= 15 is 0 Å². The second kappa shape index (κ2) is 7.68. The van der Waals surface area contributed by atoms with Gasteiger partial charge in [-0.2, -0.15) is 0 Å². The molecule has 0 spiro atoms. The first-order valence-electron chi connectivity index (χ1n) is 6.73. The van der Waals surface area contributed by atoms with E-state index in [1.165, 1.54) is 0 Å². The van der Waals surface area contributed by atoms with Gasteiger partial charge in [-0.05, 0) is 18.2 Å². The molecule has 2 aromatic rings. The zero-order valence-electron chi connectivity index (χ0n) is 11.5. The second-order valence-corrected chi connectivity index (χ2v) is 6.03. The molecule has 0 aliphatic carbocycles. The molecule has 0 saturated heterocycles. The predicted molar refractivity (Wildman–Crippen MR) is 87.6 cm³/mol. The third-order valence-electron chi connectivity index (χ3n) is 3.27. The summed E-state index contributed by atoms with van der Waals surface area (Å²) >= 11 is 12.9. The van der Waals surface area contributed by atoms with Gasteiger partial charge in [-0.25, -0.2) is 0 Å². The van der Waals surface area contributed by atoms with Gasteiger partial charge in [0.15, 0.2) is 0 Å². The van der Waals surface area contributed by atoms with E-state index in [0.717, 1.165) is 24.2 Å². The number of alkyl halides is 2. The van der Waals surface area contributed by atoms with Gasteiger partial charge in [-0.15, -0.1) is 23.2 Å². The van der Waals surface area contributed by atoms with Gasteiger partial charge >= 0.3 is 0 Å². The summed E-state index contributed by atoms with van der Waals surface area (Å²) in [7, 11) is 2.05. The monoisotopic (exact) mass is 307 g/mol. The highest BCUT2D eigenvalue weighted by molar-refractivity contribution is 6.21. The lowest BCUT2D eigenvalue weighted by atomic mass is 10.1. The van der Waals surface area contributed by atoms with Gasteiger partial charge in [0.2, 0.25) is 0 Å². The van der Waals surface area contributed by atoms with Crippen molar-refractivity contribution in [3.63, 3.8) is 0 Å². The molecule has 0 aliphatic rings. The second-order valence-electron chi connectivity index (χ2n) is 4.98. The van der Waals surface area contributed by atoms with Gasteiger partial charge in [-0.3, -0.25) is 0 Å². The van der Waals surface area contributed by atoms with Crippen LogP contribution >= 0.6 is 23.2 Å². The molecule has 2 atom stereocenters. The molecule has 2 rings (SSSR count). The van der Waals surface area contributed by atoms with Crippen LogP contribution in [0.1, 0.15) is 21.9 Å². The third-order valence-corrected chi connectivity index (χ3v) is 4.05. The summed E-state index contributed by atoms with van der Waals surface area (Å²) in [5.74, 6) is 0. The lowest BCUT2D eigenvalue weighted by Crippen LogP contribution is -2.26. The van der Waals surface area contributed by atoms with Crippen LogP contribution in [0.2, 0.25) is 0 Å². The number of benzene rings is 2. The Hall–Kier alpha value is -1.02. The number of likely N-dealkylation sites (N-methyl/N-ethyl adjacent to an activating group) is 1. The summed E-state index contributed by atoms with van der Waals surface area (Å²) in [5.41, 5.74) is 2.29. The number of nitrogens with zero attached hydrogens (tertiary/aromatic N) is 1. The van der Waals surface area contributed by atoms with Crippen LogP contribution in [-0.2, 0) is 0 Å². The molecular formula is C17H19Cl2N. The molecule has 0 aliphatic heterocycles. The average molecular weight is 308 g/mol. The number of hydrogen-bond donors (Lipinski definition) is 0. The lowest BCUT2D eigenvalue weighted by molar-refractivity contribution is 0.334. The molecule has 0 amide bonds. The largest absolute Gasteiger partial charge is 0.303 e. The van der Waals surface area contributed by atoms with Gasteiger partial charge in [0, 0.05) is 13.1 Å². The fourth-order valence-corrected chi connectivity index (χ4v) is 2.92. The summed E-state index contributed by atoms with van der Waals surface area (Å²) in [6.45, 7) is 1.56. The van der Waals surface area contributed by atoms with Gasteiger partial charge in [0.05, 0.1) is 10.8 Å². The Morgan fingerprint density at radius 1 is 0.750 bits per heavy atom. The maximum atomic E-state index is 6.45. The fourth-order valence-electron chi connectivity index (χ4n) is 2.16. The molecule has 2 aromatic carbocycles. The van der Waals surface area contributed by atoms with Crippen molar-refractivity contribution >= 4 is 23.2 Å². The Bertz CT molecular complexity index is 453. The van der Waals surface area contributed by atoms with Gasteiger partial charge < -0.3 is 4.90 Å². The highest BCUT2D eigenvalue weighted by atomic mass is 35.5.